The van der Waals surface area contributed by atoms with Crippen molar-refractivity contribution in [3.05, 3.63) is 64.5 Å². The lowest BCUT2D eigenvalue weighted by molar-refractivity contribution is -0.139. The molecule has 1 amide bonds. The highest BCUT2D eigenvalue weighted by Crippen LogP contribution is 2.29. The van der Waals surface area contributed by atoms with Crippen LogP contribution in [0.1, 0.15) is 10.4 Å². The molecule has 0 atom stereocenters. The van der Waals surface area contributed by atoms with Gasteiger partial charge in [0.15, 0.2) is 0 Å². The highest BCUT2D eigenvalue weighted by Gasteiger charge is 2.27. The summed E-state index contributed by atoms with van der Waals surface area (Å²) in [6, 6.07) is 4.42. The van der Waals surface area contributed by atoms with E-state index in [-0.39, 0.29) is 21.9 Å². The molecule has 7 nitrogen and oxygen atoms in total. The first-order valence-electron chi connectivity index (χ1n) is 7.05. The zero-order valence-electron chi connectivity index (χ0n) is 13.5. The lowest BCUT2D eigenvalue weighted by Gasteiger charge is -2.23. The van der Waals surface area contributed by atoms with Crippen molar-refractivity contribution in [1.29, 1.82) is 0 Å². The number of halogens is 1. The van der Waals surface area contributed by atoms with Gasteiger partial charge in [0.2, 0.25) is 5.91 Å². The number of methoxy groups -OCH3 is 2. The zero-order chi connectivity index (χ0) is 18.6. The first-order chi connectivity index (χ1) is 11.9. The number of benzene rings is 1. The number of hydrogen-bond acceptors (Lipinski definition) is 6. The van der Waals surface area contributed by atoms with E-state index >= 15 is 0 Å². The van der Waals surface area contributed by atoms with Gasteiger partial charge in [-0.15, -0.1) is 0 Å². The van der Waals surface area contributed by atoms with Crippen LogP contribution in [0.2, 0.25) is 5.02 Å². The maximum atomic E-state index is 12.3. The van der Waals surface area contributed by atoms with E-state index in [1.807, 2.05) is 0 Å². The summed E-state index contributed by atoms with van der Waals surface area (Å²) < 4.78 is 9.52. The third kappa shape index (κ3) is 3.72. The first kappa shape index (κ1) is 18.3. The predicted octanol–water partition coefficient (Wildman–Crippen LogP) is 1.93. The summed E-state index contributed by atoms with van der Waals surface area (Å²) in [7, 11) is 2.41. The Morgan fingerprint density at radius 2 is 1.76 bits per heavy atom. The van der Waals surface area contributed by atoms with Crippen molar-refractivity contribution in [3.63, 3.8) is 0 Å². The van der Waals surface area contributed by atoms with Crippen molar-refractivity contribution < 1.29 is 23.9 Å². The van der Waals surface area contributed by atoms with Gasteiger partial charge in [0.25, 0.3) is 0 Å². The third-order valence-electron chi connectivity index (χ3n) is 3.39. The molecule has 130 valence electrons. The van der Waals surface area contributed by atoms with Crippen LogP contribution in [0, 0.1) is 0 Å². The molecule has 2 rings (SSSR count). The second-order valence-corrected chi connectivity index (χ2v) is 5.25. The number of primary amides is 1. The third-order valence-corrected chi connectivity index (χ3v) is 3.70. The van der Waals surface area contributed by atoms with Crippen LogP contribution in [0.15, 0.2) is 53.9 Å². The van der Waals surface area contributed by atoms with Crippen molar-refractivity contribution in [2.24, 2.45) is 5.73 Å². The number of anilines is 1. The number of carbonyl (C=O) groups is 3. The molecule has 0 radical (unpaired) electrons. The van der Waals surface area contributed by atoms with Crippen molar-refractivity contribution in [1.82, 2.24) is 0 Å². The van der Waals surface area contributed by atoms with Crippen LogP contribution in [-0.4, -0.2) is 32.1 Å². The fourth-order valence-electron chi connectivity index (χ4n) is 2.22. The second-order valence-electron chi connectivity index (χ2n) is 4.84. The first-order valence-corrected chi connectivity index (χ1v) is 7.42. The Bertz CT molecular complexity index is 826. The zero-order valence-corrected chi connectivity index (χ0v) is 14.2. The number of hydrogen-bond donors (Lipinski definition) is 1. The van der Waals surface area contributed by atoms with Crippen LogP contribution in [0.3, 0.4) is 0 Å². The summed E-state index contributed by atoms with van der Waals surface area (Å²) in [4.78, 5) is 37.1. The molecule has 0 fully saturated rings. The van der Waals surface area contributed by atoms with Gasteiger partial charge in [-0.05, 0) is 30.4 Å². The van der Waals surface area contributed by atoms with Crippen LogP contribution in [0.5, 0.6) is 0 Å². The van der Waals surface area contributed by atoms with E-state index < -0.39 is 17.8 Å². The summed E-state index contributed by atoms with van der Waals surface area (Å²) in [6.07, 6.45) is 6.19. The largest absolute Gasteiger partial charge is 0.465 e. The highest BCUT2D eigenvalue weighted by molar-refractivity contribution is 6.34. The molecule has 25 heavy (non-hydrogen) atoms. The Morgan fingerprint density at radius 3 is 2.32 bits per heavy atom. The van der Waals surface area contributed by atoms with Gasteiger partial charge in [-0.2, -0.15) is 0 Å². The van der Waals surface area contributed by atoms with Gasteiger partial charge in [0, 0.05) is 11.9 Å². The van der Waals surface area contributed by atoms with Crippen LogP contribution in [0.4, 0.5) is 5.69 Å². The fraction of sp³-hybridized carbons (Fsp3) is 0.118. The molecule has 0 saturated carbocycles. The molecule has 8 heteroatoms. The van der Waals surface area contributed by atoms with Gasteiger partial charge in [-0.3, -0.25) is 4.79 Å². The molecule has 1 aromatic rings. The second kappa shape index (κ2) is 7.67. The maximum absolute atomic E-state index is 12.3. The molecule has 0 unspecified atom stereocenters. The lowest BCUT2D eigenvalue weighted by atomic mass is 10.1. The number of nitrogens with zero attached hydrogens (tertiary/aromatic N) is 1. The molecule has 1 aliphatic heterocycles. The quantitative estimate of drug-likeness (QED) is 0.822. The molecular weight excluding hydrogens is 348 g/mol. The summed E-state index contributed by atoms with van der Waals surface area (Å²) in [5.74, 6) is -2.12. The number of amides is 1. The molecule has 2 N–H and O–H groups in total. The average Bonchev–Trinajstić information content (AvgIpc) is 2.82. The van der Waals surface area contributed by atoms with E-state index in [1.165, 1.54) is 37.3 Å². The van der Waals surface area contributed by atoms with Gasteiger partial charge >= 0.3 is 11.9 Å². The van der Waals surface area contributed by atoms with E-state index in [0.717, 1.165) is 0 Å². The molecule has 0 spiro atoms. The van der Waals surface area contributed by atoms with E-state index in [0.29, 0.717) is 5.69 Å². The van der Waals surface area contributed by atoms with Crippen molar-refractivity contribution in [2.45, 2.75) is 0 Å². The number of esters is 2. The van der Waals surface area contributed by atoms with Gasteiger partial charge < -0.3 is 20.1 Å². The Balaban J connectivity index is 2.64. The highest BCUT2D eigenvalue weighted by atomic mass is 35.5. The van der Waals surface area contributed by atoms with E-state index in [4.69, 9.17) is 26.8 Å². The molecule has 1 heterocycles. The summed E-state index contributed by atoms with van der Waals surface area (Å²) >= 11 is 6.08. The molecule has 1 aromatic carbocycles. The minimum Gasteiger partial charge on any atom is -0.465 e. The number of rotatable bonds is 4. The maximum Gasteiger partial charge on any atom is 0.355 e. The molecular formula is C17H15ClN2O5. The van der Waals surface area contributed by atoms with Crippen LogP contribution >= 0.6 is 11.6 Å². The Labute approximate surface area is 148 Å². The number of allylic oxidation sites excluding steroid dienone is 2. The van der Waals surface area contributed by atoms with Crippen molar-refractivity contribution in [3.8, 4) is 0 Å². The summed E-state index contributed by atoms with van der Waals surface area (Å²) in [6.45, 7) is 0. The van der Waals surface area contributed by atoms with E-state index in [9.17, 15) is 14.4 Å². The Kier molecular flexibility index (Phi) is 5.61. The fourth-order valence-corrected chi connectivity index (χ4v) is 2.49. The molecule has 0 bridgehead atoms. The standard InChI is InChI=1S/C17H15ClN2O5/c1-24-16(22)12-5-3-4-8-20(14(12)17(23)25-2)10-6-7-11(15(19)21)13(18)9-10/h3-9H,1-2H3,(H2,19,21). The van der Waals surface area contributed by atoms with Crippen LogP contribution < -0.4 is 10.6 Å². The van der Waals surface area contributed by atoms with Crippen molar-refractivity contribution >= 4 is 35.1 Å². The van der Waals surface area contributed by atoms with Crippen LogP contribution in [-0.2, 0) is 19.1 Å². The topological polar surface area (TPSA) is 98.9 Å². The molecule has 1 aliphatic rings. The Morgan fingerprint density at radius 1 is 1.08 bits per heavy atom. The number of nitrogens with two attached hydrogens (primary N) is 1. The smallest absolute Gasteiger partial charge is 0.355 e. The van der Waals surface area contributed by atoms with Crippen molar-refractivity contribution in [2.75, 3.05) is 19.1 Å². The van der Waals surface area contributed by atoms with Crippen LogP contribution in [0.25, 0.3) is 0 Å². The van der Waals surface area contributed by atoms with Gasteiger partial charge in [-0.25, -0.2) is 9.59 Å². The number of carbonyl (C=O) groups excluding carboxylic acids is 3. The van der Waals surface area contributed by atoms with Gasteiger partial charge in [0.1, 0.15) is 5.70 Å². The molecule has 0 aliphatic carbocycles. The monoisotopic (exact) mass is 362 g/mol. The summed E-state index contributed by atoms with van der Waals surface area (Å²) in [5.41, 5.74) is 5.76. The van der Waals surface area contributed by atoms with E-state index in [1.54, 1.807) is 24.4 Å². The minimum absolute atomic E-state index is 0.00875. The SMILES string of the molecule is COC(=O)C1=C(C(=O)OC)N(c2ccc(C(N)=O)c(Cl)c2)C=CC=C1. The normalized spacial score (nSPS) is 13.5. The lowest BCUT2D eigenvalue weighted by Crippen LogP contribution is -2.27. The molecule has 0 saturated heterocycles. The van der Waals surface area contributed by atoms with Gasteiger partial charge in [-0.1, -0.05) is 17.7 Å². The van der Waals surface area contributed by atoms with E-state index in [2.05, 4.69) is 0 Å². The predicted molar refractivity (Wildman–Crippen MR) is 91.8 cm³/mol. The van der Waals surface area contributed by atoms with Gasteiger partial charge in [0.05, 0.1) is 30.4 Å². The summed E-state index contributed by atoms with van der Waals surface area (Å²) in [5, 5.41) is 0.111. The number of ether oxygens (including phenoxy) is 2. The minimum atomic E-state index is -0.744. The average molecular weight is 363 g/mol. The Hall–Kier alpha value is -3.06. The molecule has 0 aromatic heterocycles.